The molecule has 0 unspecified atom stereocenters. The highest BCUT2D eigenvalue weighted by Gasteiger charge is 1.00. The van der Waals surface area contributed by atoms with Crippen LogP contribution in [0, 0.1) is 0 Å². The Labute approximate surface area is 43.6 Å². The van der Waals surface area contributed by atoms with Crippen LogP contribution in [-0.2, 0) is 0 Å². The molecule has 0 rings (SSSR count). The molecule has 0 saturated heterocycles. The fourth-order valence-electron chi connectivity index (χ4n) is 0. The van der Waals surface area contributed by atoms with Crippen molar-refractivity contribution in [2.24, 2.45) is 0 Å². The summed E-state index contributed by atoms with van der Waals surface area (Å²) >= 11 is 0. The van der Waals surface area contributed by atoms with Crippen molar-refractivity contribution in [1.82, 2.24) is 0 Å². The van der Waals surface area contributed by atoms with Gasteiger partial charge in [0.2, 0.25) is 0 Å². The van der Waals surface area contributed by atoms with Gasteiger partial charge in [0.05, 0.1) is 0 Å². The van der Waals surface area contributed by atoms with Crippen LogP contribution in [0.5, 0.6) is 0 Å². The second kappa shape index (κ2) is 42.1. The molecular formula is CH7Cl3. The van der Waals surface area contributed by atoms with E-state index < -0.39 is 0 Å². The predicted octanol–water partition coefficient (Wildman–Crippen LogP) is 2.68. The Kier molecular flexibility index (Phi) is 220. The molecule has 3 heteroatoms. The van der Waals surface area contributed by atoms with Crippen LogP contribution >= 0.6 is 34.1 Å². The molecule has 0 aromatic carbocycles. The Morgan fingerprint density at radius 3 is 1.25 bits per heavy atom. The summed E-state index contributed by atoms with van der Waals surface area (Å²) in [6, 6.07) is 0. The van der Waals surface area contributed by atoms with Gasteiger partial charge in [0.1, 0.15) is 0 Å². The summed E-state index contributed by atoms with van der Waals surface area (Å²) in [5.74, 6) is 0. The summed E-state index contributed by atoms with van der Waals surface area (Å²) in [5, 5.41) is 0. The first-order valence-corrected chi connectivity index (χ1v) is 1.29. The lowest BCUT2D eigenvalue weighted by Gasteiger charge is -1.00. The van der Waals surface area contributed by atoms with E-state index in [1.807, 2.05) is 0 Å². The lowest BCUT2D eigenvalue weighted by Crippen LogP contribution is -0.310. The largest absolute Gasteiger partial charge is 0.147 e. The zero-order chi connectivity index (χ0) is 2.00. The van der Waals surface area contributed by atoms with Crippen molar-refractivity contribution in [3.63, 3.8) is 0 Å². The van der Waals surface area contributed by atoms with Gasteiger partial charge in [0, 0.05) is 23.1 Å². The highest BCUT2D eigenvalue weighted by atomic mass is 36.5. The Morgan fingerprint density at radius 1 is 1.25 bits per heavy atom. The lowest BCUT2D eigenvalue weighted by molar-refractivity contribution is 2.50. The third-order valence-corrected chi connectivity index (χ3v) is 0. The topological polar surface area (TPSA) is 0 Å². The van der Waals surface area contributed by atoms with E-state index in [1.54, 1.807) is 0 Å². The molecule has 0 N–H and O–H groups in total. The molecule has 0 radical (unpaired) electrons. The molecular weight excluding hydrogens is 118 g/mol. The van der Waals surface area contributed by atoms with E-state index in [2.05, 4.69) is 21.7 Å². The van der Waals surface area contributed by atoms with E-state index in [4.69, 9.17) is 0 Å². The molecule has 0 aliphatic heterocycles. The minimum Gasteiger partial charge on any atom is -0.147 e. The SMILES string of the molecule is C.Cl.ClCl.[HH]. The van der Waals surface area contributed by atoms with Crippen molar-refractivity contribution in [3.05, 3.63) is 0 Å². The molecule has 0 spiro atoms. The average Bonchev–Trinajstić information content (AvgIpc) is 1.00. The maximum atomic E-state index is 4.11. The molecule has 0 nitrogen and oxygen atoms in total. The molecule has 0 bridgehead atoms. The van der Waals surface area contributed by atoms with Crippen molar-refractivity contribution in [2.45, 2.75) is 7.43 Å². The second-order valence-corrected chi connectivity index (χ2v) is 0. The normalized spacial score (nSPS) is 1.50. The monoisotopic (exact) mass is 124 g/mol. The average molecular weight is 125 g/mol. The van der Waals surface area contributed by atoms with Crippen LogP contribution in [0.2, 0.25) is 0 Å². The van der Waals surface area contributed by atoms with Crippen LogP contribution in [0.1, 0.15) is 8.85 Å². The first-order chi connectivity index (χ1) is 1.00. The Hall–Kier alpha value is 0.870. The van der Waals surface area contributed by atoms with Gasteiger partial charge in [-0.15, -0.1) is 12.4 Å². The molecule has 32 valence electrons. The molecule has 0 aromatic heterocycles. The van der Waals surface area contributed by atoms with Gasteiger partial charge in [0.15, 0.2) is 0 Å². The summed E-state index contributed by atoms with van der Waals surface area (Å²) in [6.07, 6.45) is 0. The molecule has 0 heterocycles. The third-order valence-electron chi connectivity index (χ3n) is 0. The molecule has 0 fully saturated rings. The zero-order valence-electron chi connectivity index (χ0n) is 1.16. The smallest absolute Gasteiger partial charge is 0 e. The van der Waals surface area contributed by atoms with Crippen LogP contribution < -0.4 is 0 Å². The van der Waals surface area contributed by atoms with Crippen molar-refractivity contribution < 1.29 is 1.43 Å². The van der Waals surface area contributed by atoms with Crippen molar-refractivity contribution in [3.8, 4) is 0 Å². The van der Waals surface area contributed by atoms with Crippen LogP contribution in [0.3, 0.4) is 0 Å². The minimum atomic E-state index is 0. The van der Waals surface area contributed by atoms with Crippen LogP contribution in [0.4, 0.5) is 0 Å². The van der Waals surface area contributed by atoms with Crippen molar-refractivity contribution >= 4 is 34.1 Å². The van der Waals surface area contributed by atoms with Gasteiger partial charge in [-0.3, -0.25) is 0 Å². The van der Waals surface area contributed by atoms with E-state index in [9.17, 15) is 0 Å². The first kappa shape index (κ1) is 20.9. The van der Waals surface area contributed by atoms with Crippen LogP contribution in [0.15, 0.2) is 0 Å². The fourth-order valence-corrected chi connectivity index (χ4v) is 0. The van der Waals surface area contributed by atoms with Gasteiger partial charge < -0.3 is 0 Å². The Balaban J connectivity index is -0.00000000167. The molecule has 0 amide bonds. The third kappa shape index (κ3) is 13.3. The molecule has 0 aliphatic carbocycles. The molecule has 0 saturated carbocycles. The highest BCUT2D eigenvalue weighted by Crippen LogP contribution is 1.69. The number of rotatable bonds is 0. The van der Waals surface area contributed by atoms with E-state index in [1.165, 1.54) is 0 Å². The molecule has 4 heavy (non-hydrogen) atoms. The fraction of sp³-hybridized carbons (Fsp3) is 1.00. The summed E-state index contributed by atoms with van der Waals surface area (Å²) in [6.45, 7) is 0. The van der Waals surface area contributed by atoms with Gasteiger partial charge in [-0.2, -0.15) is 0 Å². The van der Waals surface area contributed by atoms with Gasteiger partial charge >= 0.3 is 0 Å². The van der Waals surface area contributed by atoms with E-state index >= 15 is 0 Å². The summed E-state index contributed by atoms with van der Waals surface area (Å²) < 4.78 is 0. The predicted molar refractivity (Wildman–Crippen MR) is 27.8 cm³/mol. The van der Waals surface area contributed by atoms with E-state index in [0.29, 0.717) is 0 Å². The van der Waals surface area contributed by atoms with Gasteiger partial charge in [0.25, 0.3) is 0 Å². The van der Waals surface area contributed by atoms with Crippen LogP contribution in [-0.4, -0.2) is 0 Å². The Bertz CT molecular complexity index is 6.85. The van der Waals surface area contributed by atoms with E-state index in [-0.39, 0.29) is 21.3 Å². The zero-order valence-corrected chi connectivity index (χ0v) is 3.49. The van der Waals surface area contributed by atoms with Gasteiger partial charge in [-0.05, 0) is 0 Å². The molecule has 0 aromatic rings. The highest BCUT2D eigenvalue weighted by molar-refractivity contribution is 6.85. The van der Waals surface area contributed by atoms with Crippen LogP contribution in [0.25, 0.3) is 0 Å². The number of halogens is 3. The number of hydrogen-bond acceptors (Lipinski definition) is 0. The lowest BCUT2D eigenvalue weighted by atomic mass is 12.0. The molecule has 0 aliphatic rings. The van der Waals surface area contributed by atoms with Crippen molar-refractivity contribution in [2.75, 3.05) is 0 Å². The second-order valence-electron chi connectivity index (χ2n) is 0. The molecule has 0 atom stereocenters. The standard InChI is InChI=1S/CH4.Cl2.ClH.H2/c;1-2;;/h1H4;;2*1H. The summed E-state index contributed by atoms with van der Waals surface area (Å²) in [7, 11) is 8.22. The summed E-state index contributed by atoms with van der Waals surface area (Å²) in [4.78, 5) is 0. The van der Waals surface area contributed by atoms with Crippen molar-refractivity contribution in [1.29, 1.82) is 0 Å². The summed E-state index contributed by atoms with van der Waals surface area (Å²) in [5.41, 5.74) is 0. The first-order valence-electron chi connectivity index (χ1n) is 0.143. The quantitative estimate of drug-likeness (QED) is 0.467. The maximum Gasteiger partial charge on any atom is 0 e. The van der Waals surface area contributed by atoms with E-state index in [0.717, 1.165) is 0 Å². The number of hydrogen-bond donors (Lipinski definition) is 0. The minimum absolute atomic E-state index is 0. The maximum absolute atomic E-state index is 4.11. The Morgan fingerprint density at radius 2 is 1.25 bits per heavy atom. The van der Waals surface area contributed by atoms with Gasteiger partial charge in [-0.25, -0.2) is 0 Å². The van der Waals surface area contributed by atoms with Gasteiger partial charge in [-0.1, -0.05) is 7.43 Å².